The average molecular weight is 314 g/mol. The normalized spacial score (nSPS) is 12.7. The molecule has 0 saturated heterocycles. The number of aromatic amines is 1. The predicted molar refractivity (Wildman–Crippen MR) is 70.0 cm³/mol. The number of H-pyrrole nitrogens is 1. The lowest BCUT2D eigenvalue weighted by Gasteiger charge is -2.07. The molecule has 0 aliphatic heterocycles. The molecule has 2 N–H and O–H groups in total. The first-order valence-electron chi connectivity index (χ1n) is 5.10. The highest BCUT2D eigenvalue weighted by Gasteiger charge is 2.09. The molecule has 0 saturated carbocycles. The minimum Gasteiger partial charge on any atom is -0.389 e. The van der Waals surface area contributed by atoms with Gasteiger partial charge in [0.15, 0.2) is 0 Å². The molecular weight excluding hydrogens is 302 g/mol. The lowest BCUT2D eigenvalue weighted by atomic mass is 10.1. The second-order valence-corrected chi connectivity index (χ2v) is 5.53. The zero-order valence-corrected chi connectivity index (χ0v) is 11.8. The van der Waals surface area contributed by atoms with Crippen molar-refractivity contribution < 1.29 is 5.11 Å². The van der Waals surface area contributed by atoms with Crippen molar-refractivity contribution in [1.29, 1.82) is 0 Å². The fourth-order valence-electron chi connectivity index (χ4n) is 1.33. The minimum atomic E-state index is -0.462. The maximum absolute atomic E-state index is 9.47. The van der Waals surface area contributed by atoms with E-state index in [0.717, 1.165) is 20.8 Å². The van der Waals surface area contributed by atoms with Crippen LogP contribution in [0.4, 0.5) is 0 Å². The summed E-state index contributed by atoms with van der Waals surface area (Å²) >= 11 is 4.96. The Labute approximate surface area is 112 Å². The van der Waals surface area contributed by atoms with Crippen LogP contribution in [0.2, 0.25) is 0 Å². The Balaban J connectivity index is 2.22. The number of hydrogen-bond donors (Lipinski definition) is 2. The molecule has 1 heterocycles. The minimum absolute atomic E-state index is 0.462. The van der Waals surface area contributed by atoms with Gasteiger partial charge in [-0.2, -0.15) is 0 Å². The largest absolute Gasteiger partial charge is 0.389 e. The number of rotatable bonds is 3. The van der Waals surface area contributed by atoms with Crippen LogP contribution >= 0.6 is 27.7 Å². The van der Waals surface area contributed by atoms with E-state index in [1.165, 1.54) is 11.8 Å². The van der Waals surface area contributed by atoms with Crippen LogP contribution in [0, 0.1) is 6.92 Å². The predicted octanol–water partition coefficient (Wildman–Crippen LogP) is 3.08. The number of hydrogen-bond acceptors (Lipinski definition) is 4. The van der Waals surface area contributed by atoms with Gasteiger partial charge in [-0.1, -0.05) is 6.07 Å². The molecule has 0 fully saturated rings. The summed E-state index contributed by atoms with van der Waals surface area (Å²) in [6.45, 7) is 3.61. The zero-order valence-electron chi connectivity index (χ0n) is 9.44. The lowest BCUT2D eigenvalue weighted by Crippen LogP contribution is -1.91. The highest BCUT2D eigenvalue weighted by Crippen LogP contribution is 2.33. The van der Waals surface area contributed by atoms with E-state index < -0.39 is 6.10 Å². The molecule has 90 valence electrons. The first-order chi connectivity index (χ1) is 8.06. The third kappa shape index (κ3) is 3.08. The third-order valence-electron chi connectivity index (χ3n) is 2.22. The summed E-state index contributed by atoms with van der Waals surface area (Å²) < 4.78 is 0.934. The average Bonchev–Trinajstić information content (AvgIpc) is 2.67. The van der Waals surface area contributed by atoms with Crippen LogP contribution in [0.3, 0.4) is 0 Å². The smallest absolute Gasteiger partial charge is 0.213 e. The maximum atomic E-state index is 9.47. The quantitative estimate of drug-likeness (QED) is 0.914. The van der Waals surface area contributed by atoms with Gasteiger partial charge in [-0.3, -0.25) is 5.10 Å². The lowest BCUT2D eigenvalue weighted by molar-refractivity contribution is 0.199. The molecule has 0 aliphatic rings. The number of nitrogens with one attached hydrogen (secondary N) is 1. The Morgan fingerprint density at radius 2 is 2.24 bits per heavy atom. The summed E-state index contributed by atoms with van der Waals surface area (Å²) in [6.07, 6.45) is -0.462. The topological polar surface area (TPSA) is 61.8 Å². The fraction of sp³-hybridized carbons (Fsp3) is 0.273. The van der Waals surface area contributed by atoms with E-state index in [0.29, 0.717) is 5.16 Å². The van der Waals surface area contributed by atoms with Gasteiger partial charge in [0.1, 0.15) is 5.82 Å². The van der Waals surface area contributed by atoms with E-state index in [1.54, 1.807) is 6.92 Å². The third-order valence-corrected chi connectivity index (χ3v) is 4.08. The van der Waals surface area contributed by atoms with Crippen molar-refractivity contribution in [2.45, 2.75) is 30.0 Å². The molecular formula is C11H12BrN3OS. The Kier molecular flexibility index (Phi) is 3.86. The van der Waals surface area contributed by atoms with Crippen molar-refractivity contribution in [3.8, 4) is 0 Å². The Bertz CT molecular complexity index is 527. The fourth-order valence-corrected chi connectivity index (χ4v) is 2.73. The van der Waals surface area contributed by atoms with Crippen LogP contribution in [-0.4, -0.2) is 20.3 Å². The van der Waals surface area contributed by atoms with Gasteiger partial charge in [0.2, 0.25) is 5.16 Å². The molecule has 4 nitrogen and oxygen atoms in total. The van der Waals surface area contributed by atoms with Crippen LogP contribution in [0.15, 0.2) is 32.7 Å². The summed E-state index contributed by atoms with van der Waals surface area (Å²) in [5.74, 6) is 0.796. The molecule has 0 spiro atoms. The Hall–Kier alpha value is -0.850. The molecule has 6 heteroatoms. The van der Waals surface area contributed by atoms with Gasteiger partial charge in [-0.05, 0) is 59.2 Å². The van der Waals surface area contributed by atoms with Crippen LogP contribution in [-0.2, 0) is 0 Å². The number of aliphatic hydroxyl groups excluding tert-OH is 1. The summed E-state index contributed by atoms with van der Waals surface area (Å²) in [7, 11) is 0. The van der Waals surface area contributed by atoms with E-state index >= 15 is 0 Å². The van der Waals surface area contributed by atoms with Gasteiger partial charge < -0.3 is 5.11 Å². The Morgan fingerprint density at radius 3 is 2.76 bits per heavy atom. The van der Waals surface area contributed by atoms with Crippen molar-refractivity contribution in [2.75, 3.05) is 0 Å². The number of nitrogens with zero attached hydrogens (tertiary/aromatic N) is 2. The molecule has 1 aromatic heterocycles. The second-order valence-electron chi connectivity index (χ2n) is 3.67. The van der Waals surface area contributed by atoms with E-state index in [2.05, 4.69) is 31.1 Å². The Morgan fingerprint density at radius 1 is 1.47 bits per heavy atom. The zero-order chi connectivity index (χ0) is 12.4. The van der Waals surface area contributed by atoms with E-state index in [-0.39, 0.29) is 0 Å². The molecule has 0 bridgehead atoms. The molecule has 0 aliphatic carbocycles. The van der Waals surface area contributed by atoms with Gasteiger partial charge in [0.25, 0.3) is 0 Å². The van der Waals surface area contributed by atoms with Crippen molar-refractivity contribution in [3.63, 3.8) is 0 Å². The van der Waals surface area contributed by atoms with Gasteiger partial charge in [0.05, 0.1) is 6.10 Å². The van der Waals surface area contributed by atoms with Gasteiger partial charge in [0, 0.05) is 9.37 Å². The van der Waals surface area contributed by atoms with Crippen molar-refractivity contribution in [2.24, 2.45) is 0 Å². The molecule has 1 atom stereocenters. The number of aryl methyl sites for hydroxylation is 1. The monoisotopic (exact) mass is 313 g/mol. The highest BCUT2D eigenvalue weighted by molar-refractivity contribution is 9.10. The molecule has 2 rings (SSSR count). The summed E-state index contributed by atoms with van der Waals surface area (Å²) in [5.41, 5.74) is 0.882. The van der Waals surface area contributed by atoms with Crippen molar-refractivity contribution >= 4 is 27.7 Å². The first kappa shape index (κ1) is 12.6. The summed E-state index contributed by atoms with van der Waals surface area (Å²) in [6, 6.07) is 5.76. The number of halogens is 1. The van der Waals surface area contributed by atoms with Crippen LogP contribution in [0.1, 0.15) is 24.4 Å². The highest BCUT2D eigenvalue weighted by atomic mass is 79.9. The van der Waals surface area contributed by atoms with E-state index in [4.69, 9.17) is 0 Å². The summed E-state index contributed by atoms with van der Waals surface area (Å²) in [5, 5.41) is 17.0. The van der Waals surface area contributed by atoms with E-state index in [9.17, 15) is 5.11 Å². The van der Waals surface area contributed by atoms with Gasteiger partial charge in [-0.15, -0.1) is 5.10 Å². The number of aliphatic hydroxyl groups is 1. The van der Waals surface area contributed by atoms with Crippen molar-refractivity contribution in [3.05, 3.63) is 34.1 Å². The summed E-state index contributed by atoms with van der Waals surface area (Å²) in [4.78, 5) is 5.25. The maximum Gasteiger partial charge on any atom is 0.213 e. The van der Waals surface area contributed by atoms with Gasteiger partial charge in [-0.25, -0.2) is 4.98 Å². The number of aromatic nitrogens is 3. The van der Waals surface area contributed by atoms with Crippen LogP contribution in [0.25, 0.3) is 0 Å². The second kappa shape index (κ2) is 5.20. The molecule has 17 heavy (non-hydrogen) atoms. The molecule has 0 radical (unpaired) electrons. The molecule has 2 aromatic rings. The standard InChI is InChI=1S/C11H12BrN3OS/c1-6(16)8-3-4-10(9(12)5-8)17-11-13-7(2)14-15-11/h3-6,16H,1-2H3,(H,13,14,15)/t6-/m0/s1. The van der Waals surface area contributed by atoms with Crippen LogP contribution in [0.5, 0.6) is 0 Å². The SMILES string of the molecule is Cc1nc(Sc2ccc([C@H](C)O)cc2Br)n[nH]1. The molecule has 1 aromatic carbocycles. The van der Waals surface area contributed by atoms with Crippen molar-refractivity contribution in [1.82, 2.24) is 15.2 Å². The van der Waals surface area contributed by atoms with Crippen LogP contribution < -0.4 is 0 Å². The van der Waals surface area contributed by atoms with E-state index in [1.807, 2.05) is 25.1 Å². The first-order valence-corrected chi connectivity index (χ1v) is 6.71. The molecule has 0 amide bonds. The number of benzene rings is 1. The van der Waals surface area contributed by atoms with Gasteiger partial charge >= 0.3 is 0 Å². The molecule has 0 unspecified atom stereocenters.